The summed E-state index contributed by atoms with van der Waals surface area (Å²) in [7, 11) is 0. The van der Waals surface area contributed by atoms with Crippen LogP contribution in [-0.4, -0.2) is 6.04 Å². The number of fused-ring (bicyclic) bond motifs is 1. The molecule has 5 heteroatoms. The van der Waals surface area contributed by atoms with Crippen LogP contribution in [-0.2, 0) is 11.8 Å². The van der Waals surface area contributed by atoms with Crippen molar-refractivity contribution in [3.05, 3.63) is 24.3 Å². The Morgan fingerprint density at radius 2 is 1.71 bits per heavy atom. The highest BCUT2D eigenvalue weighted by Gasteiger charge is 2.31. The Balaban J connectivity index is 2.22. The average molecular weight is 229 g/mol. The first-order chi connectivity index (χ1) is 6.59. The van der Waals surface area contributed by atoms with Crippen molar-refractivity contribution in [3.8, 4) is 11.5 Å². The molecule has 0 saturated carbocycles. The van der Waals surface area contributed by atoms with Crippen LogP contribution in [0.3, 0.4) is 0 Å². The van der Waals surface area contributed by atoms with E-state index < -0.39 is 6.64 Å². The maximum absolute atomic E-state index is 5.60. The monoisotopic (exact) mass is 229 g/mol. The minimum absolute atomic E-state index is 0.259. The van der Waals surface area contributed by atoms with E-state index in [0.717, 1.165) is 11.5 Å². The van der Waals surface area contributed by atoms with Gasteiger partial charge >= 0.3 is 6.64 Å². The zero-order chi connectivity index (χ0) is 10.2. The lowest BCUT2D eigenvalue weighted by molar-refractivity contribution is 0.531. The predicted octanol–water partition coefficient (Wildman–Crippen LogP) is 2.68. The third kappa shape index (κ3) is 1.92. The van der Waals surface area contributed by atoms with E-state index in [9.17, 15) is 0 Å². The van der Waals surface area contributed by atoms with Crippen molar-refractivity contribution < 1.29 is 9.05 Å². The van der Waals surface area contributed by atoms with Crippen molar-refractivity contribution >= 4 is 18.4 Å². The number of benzene rings is 1. The summed E-state index contributed by atoms with van der Waals surface area (Å²) in [5.41, 5.74) is 0. The lowest BCUT2D eigenvalue weighted by Crippen LogP contribution is -2.22. The highest BCUT2D eigenvalue weighted by Crippen LogP contribution is 2.55. The first-order valence-corrected chi connectivity index (χ1v) is 7.09. The van der Waals surface area contributed by atoms with E-state index in [4.69, 9.17) is 20.9 Å². The van der Waals surface area contributed by atoms with E-state index in [1.807, 2.05) is 38.1 Å². The van der Waals surface area contributed by atoms with Crippen LogP contribution >= 0.6 is 6.64 Å². The summed E-state index contributed by atoms with van der Waals surface area (Å²) >= 11 is 5.30. The fourth-order valence-corrected chi connectivity index (χ4v) is 3.96. The van der Waals surface area contributed by atoms with Crippen LogP contribution in [0, 0.1) is 0 Å². The van der Waals surface area contributed by atoms with Crippen LogP contribution in [0.1, 0.15) is 13.8 Å². The van der Waals surface area contributed by atoms with Crippen molar-refractivity contribution in [1.82, 2.24) is 5.09 Å². The maximum atomic E-state index is 5.60. The fraction of sp³-hybridized carbons (Fsp3) is 0.333. The molecule has 14 heavy (non-hydrogen) atoms. The number of nitrogens with one attached hydrogen (secondary N) is 1. The van der Waals surface area contributed by atoms with Crippen molar-refractivity contribution in [2.24, 2.45) is 0 Å². The molecule has 76 valence electrons. The molecule has 1 aliphatic heterocycles. The Labute approximate surface area is 88.6 Å². The summed E-state index contributed by atoms with van der Waals surface area (Å²) in [4.78, 5) is 0. The van der Waals surface area contributed by atoms with Gasteiger partial charge in [0, 0.05) is 17.8 Å². The maximum Gasteiger partial charge on any atom is 0.365 e. The summed E-state index contributed by atoms with van der Waals surface area (Å²) in [5.74, 6) is 1.48. The second kappa shape index (κ2) is 3.54. The van der Waals surface area contributed by atoms with Gasteiger partial charge in [0.15, 0.2) is 11.5 Å². The fourth-order valence-electron chi connectivity index (χ4n) is 1.25. The van der Waals surface area contributed by atoms with Crippen molar-refractivity contribution in [1.29, 1.82) is 0 Å². The van der Waals surface area contributed by atoms with Gasteiger partial charge in [0.05, 0.1) is 0 Å². The van der Waals surface area contributed by atoms with E-state index in [2.05, 4.69) is 5.09 Å². The van der Waals surface area contributed by atoms with Crippen molar-refractivity contribution in [2.45, 2.75) is 19.9 Å². The van der Waals surface area contributed by atoms with Crippen molar-refractivity contribution in [2.75, 3.05) is 0 Å². The molecule has 0 saturated heterocycles. The second-order valence-electron chi connectivity index (χ2n) is 3.41. The quantitative estimate of drug-likeness (QED) is 0.790. The molecular weight excluding hydrogens is 217 g/mol. The Bertz CT molecular complexity index is 365. The number of hydrogen-bond donors (Lipinski definition) is 1. The van der Waals surface area contributed by atoms with Gasteiger partial charge in [0.2, 0.25) is 0 Å². The summed E-state index contributed by atoms with van der Waals surface area (Å²) in [6.07, 6.45) is 0. The molecule has 0 amide bonds. The summed E-state index contributed by atoms with van der Waals surface area (Å²) in [6, 6.07) is 7.80. The molecule has 1 aromatic rings. The van der Waals surface area contributed by atoms with Gasteiger partial charge in [-0.25, -0.2) is 5.09 Å². The third-order valence-corrected chi connectivity index (χ3v) is 4.17. The average Bonchev–Trinajstić information content (AvgIpc) is 2.38. The zero-order valence-electron chi connectivity index (χ0n) is 8.06. The van der Waals surface area contributed by atoms with E-state index in [1.165, 1.54) is 0 Å². The largest absolute Gasteiger partial charge is 0.421 e. The highest BCUT2D eigenvalue weighted by atomic mass is 32.5. The second-order valence-corrected chi connectivity index (χ2v) is 6.47. The van der Waals surface area contributed by atoms with Gasteiger partial charge in [-0.05, 0) is 26.0 Å². The summed E-state index contributed by atoms with van der Waals surface area (Å²) in [6.45, 7) is 1.71. The molecular formula is C9H12NO2PS. The number of para-hydroxylation sites is 2. The van der Waals surface area contributed by atoms with Crippen LogP contribution in [0.4, 0.5) is 0 Å². The van der Waals surface area contributed by atoms with E-state index in [-0.39, 0.29) is 6.04 Å². The first kappa shape index (κ1) is 9.97. The van der Waals surface area contributed by atoms with Gasteiger partial charge < -0.3 is 9.05 Å². The zero-order valence-corrected chi connectivity index (χ0v) is 9.77. The van der Waals surface area contributed by atoms with E-state index in [1.54, 1.807) is 0 Å². The van der Waals surface area contributed by atoms with Crippen LogP contribution in [0.5, 0.6) is 11.5 Å². The lowest BCUT2D eigenvalue weighted by Gasteiger charge is -2.17. The van der Waals surface area contributed by atoms with Crippen LogP contribution in [0.25, 0.3) is 0 Å². The van der Waals surface area contributed by atoms with Gasteiger partial charge in [-0.15, -0.1) is 0 Å². The molecule has 0 radical (unpaired) electrons. The van der Waals surface area contributed by atoms with Gasteiger partial charge in [0.25, 0.3) is 0 Å². The molecule has 1 N–H and O–H groups in total. The molecule has 0 atom stereocenters. The molecule has 0 aromatic heterocycles. The molecule has 0 fully saturated rings. The Hall–Kier alpha value is -0.570. The van der Waals surface area contributed by atoms with Gasteiger partial charge in [-0.2, -0.15) is 0 Å². The molecule has 2 rings (SSSR count). The third-order valence-electron chi connectivity index (χ3n) is 1.70. The first-order valence-electron chi connectivity index (χ1n) is 4.45. The molecule has 0 aliphatic carbocycles. The SMILES string of the molecule is CC(C)NP1(=S)Oc2ccccc2O1. The Kier molecular flexibility index (Phi) is 2.52. The van der Waals surface area contributed by atoms with Gasteiger partial charge in [-0.3, -0.25) is 0 Å². The van der Waals surface area contributed by atoms with E-state index >= 15 is 0 Å². The van der Waals surface area contributed by atoms with Crippen LogP contribution < -0.4 is 14.1 Å². The molecule has 1 aliphatic rings. The summed E-state index contributed by atoms with van der Waals surface area (Å²) in [5, 5.41) is 3.15. The Morgan fingerprint density at radius 1 is 1.21 bits per heavy atom. The number of rotatable bonds is 2. The van der Waals surface area contributed by atoms with Gasteiger partial charge in [-0.1, -0.05) is 12.1 Å². The smallest absolute Gasteiger partial charge is 0.365 e. The molecule has 0 bridgehead atoms. The van der Waals surface area contributed by atoms with Crippen LogP contribution in [0.2, 0.25) is 0 Å². The normalized spacial score (nSPS) is 17.4. The number of hydrogen-bond acceptors (Lipinski definition) is 3. The molecule has 0 spiro atoms. The van der Waals surface area contributed by atoms with Crippen molar-refractivity contribution in [3.63, 3.8) is 0 Å². The van der Waals surface area contributed by atoms with Gasteiger partial charge in [0.1, 0.15) is 0 Å². The highest BCUT2D eigenvalue weighted by molar-refractivity contribution is 8.09. The minimum atomic E-state index is -2.32. The topological polar surface area (TPSA) is 30.5 Å². The molecule has 1 aromatic carbocycles. The van der Waals surface area contributed by atoms with Crippen LogP contribution in [0.15, 0.2) is 24.3 Å². The predicted molar refractivity (Wildman–Crippen MR) is 60.3 cm³/mol. The standard InChI is InChI=1S/C9H12NO2PS/c1-7(2)10-13(14)11-8-5-3-4-6-9(8)12-13/h3-7H,1-2H3,(H,10,14). The lowest BCUT2D eigenvalue weighted by atomic mass is 10.3. The molecule has 3 nitrogen and oxygen atoms in total. The Morgan fingerprint density at radius 3 is 2.14 bits per heavy atom. The minimum Gasteiger partial charge on any atom is -0.421 e. The summed E-state index contributed by atoms with van der Waals surface area (Å²) < 4.78 is 11.2. The molecule has 1 heterocycles. The van der Waals surface area contributed by atoms with E-state index in [0.29, 0.717) is 0 Å². The molecule has 0 unspecified atom stereocenters.